The third kappa shape index (κ3) is 3.96. The summed E-state index contributed by atoms with van der Waals surface area (Å²) in [6, 6.07) is 12.2. The smallest absolute Gasteiger partial charge is 0.226 e. The summed E-state index contributed by atoms with van der Waals surface area (Å²) in [5.41, 5.74) is 3.14. The average molecular weight is 367 g/mol. The van der Waals surface area contributed by atoms with E-state index in [0.717, 1.165) is 35.1 Å². The van der Waals surface area contributed by atoms with Crippen LogP contribution in [0.5, 0.6) is 0 Å². The second-order valence-electron chi connectivity index (χ2n) is 6.44. The molecule has 1 saturated heterocycles. The summed E-state index contributed by atoms with van der Waals surface area (Å²) < 4.78 is 5.33. The molecular weight excluding hydrogens is 346 g/mol. The van der Waals surface area contributed by atoms with Crippen LogP contribution in [0.1, 0.15) is 24.1 Å². The minimum absolute atomic E-state index is 0.0232. The van der Waals surface area contributed by atoms with Crippen molar-refractivity contribution < 1.29 is 9.21 Å². The minimum Gasteiger partial charge on any atom is -0.462 e. The highest BCUT2D eigenvalue weighted by atomic mass is 32.1. The van der Waals surface area contributed by atoms with Gasteiger partial charge >= 0.3 is 0 Å². The fraction of sp³-hybridized carbons (Fsp3) is 0.300. The van der Waals surface area contributed by atoms with Crippen molar-refractivity contribution in [1.82, 2.24) is 10.3 Å². The number of aromatic nitrogens is 1. The van der Waals surface area contributed by atoms with Gasteiger partial charge in [0.1, 0.15) is 0 Å². The van der Waals surface area contributed by atoms with Gasteiger partial charge in [0.15, 0.2) is 10.8 Å². The number of thiazole rings is 1. The van der Waals surface area contributed by atoms with E-state index in [2.05, 4.69) is 39.5 Å². The van der Waals surface area contributed by atoms with E-state index in [1.54, 1.807) is 6.26 Å². The lowest BCUT2D eigenvalue weighted by Gasteiger charge is -2.17. The van der Waals surface area contributed by atoms with E-state index in [9.17, 15) is 4.79 Å². The number of nitrogens with one attached hydrogen (secondary N) is 1. The zero-order valence-electron chi connectivity index (χ0n) is 14.5. The highest BCUT2D eigenvalue weighted by Gasteiger charge is 2.12. The maximum absolute atomic E-state index is 12.2. The molecule has 6 heteroatoms. The van der Waals surface area contributed by atoms with Crippen LogP contribution < -0.4 is 10.2 Å². The summed E-state index contributed by atoms with van der Waals surface area (Å²) in [7, 11) is 0. The quantitative estimate of drug-likeness (QED) is 0.719. The number of carbonyl (C=O) groups excluding carboxylic acids is 1. The van der Waals surface area contributed by atoms with Gasteiger partial charge in [0.05, 0.1) is 18.4 Å². The molecule has 1 aliphatic rings. The average Bonchev–Trinajstić information content (AvgIpc) is 3.41. The zero-order valence-corrected chi connectivity index (χ0v) is 15.3. The Morgan fingerprint density at radius 1 is 1.19 bits per heavy atom. The molecule has 134 valence electrons. The van der Waals surface area contributed by atoms with Crippen LogP contribution in [-0.4, -0.2) is 24.0 Å². The highest BCUT2D eigenvalue weighted by molar-refractivity contribution is 7.13. The van der Waals surface area contributed by atoms with Gasteiger partial charge in [-0.25, -0.2) is 4.98 Å². The van der Waals surface area contributed by atoms with Crippen LogP contribution >= 0.6 is 11.3 Å². The third-order valence-corrected chi connectivity index (χ3v) is 5.43. The second-order valence-corrected chi connectivity index (χ2v) is 7.29. The Bertz CT molecular complexity index is 850. The summed E-state index contributed by atoms with van der Waals surface area (Å²) >= 11 is 1.49. The molecule has 1 fully saturated rings. The number of benzene rings is 1. The molecule has 1 aliphatic heterocycles. The van der Waals surface area contributed by atoms with Gasteiger partial charge in [-0.1, -0.05) is 12.1 Å². The predicted molar refractivity (Wildman–Crippen MR) is 103 cm³/mol. The Kier molecular flexibility index (Phi) is 5.02. The maximum Gasteiger partial charge on any atom is 0.226 e. The van der Waals surface area contributed by atoms with Crippen molar-refractivity contribution in [2.24, 2.45) is 0 Å². The van der Waals surface area contributed by atoms with E-state index in [4.69, 9.17) is 4.42 Å². The fourth-order valence-electron chi connectivity index (χ4n) is 3.13. The van der Waals surface area contributed by atoms with Crippen molar-refractivity contribution in [3.63, 3.8) is 0 Å². The van der Waals surface area contributed by atoms with Crippen molar-refractivity contribution in [3.05, 3.63) is 59.3 Å². The maximum atomic E-state index is 12.2. The molecule has 1 amide bonds. The lowest BCUT2D eigenvalue weighted by Crippen LogP contribution is -2.24. The lowest BCUT2D eigenvalue weighted by atomic mass is 10.2. The number of rotatable bonds is 6. The van der Waals surface area contributed by atoms with Crippen LogP contribution in [0.3, 0.4) is 0 Å². The molecule has 0 radical (unpaired) electrons. The summed E-state index contributed by atoms with van der Waals surface area (Å²) in [4.78, 5) is 19.0. The van der Waals surface area contributed by atoms with Crippen molar-refractivity contribution in [2.75, 3.05) is 18.0 Å². The molecule has 0 bridgehead atoms. The van der Waals surface area contributed by atoms with Gasteiger partial charge in [-0.2, -0.15) is 0 Å². The lowest BCUT2D eigenvalue weighted by molar-refractivity contribution is -0.120. The minimum atomic E-state index is -0.0232. The normalized spacial score (nSPS) is 13.9. The topological polar surface area (TPSA) is 58.4 Å². The first-order valence-electron chi connectivity index (χ1n) is 8.87. The molecule has 0 unspecified atom stereocenters. The number of furan rings is 1. The zero-order chi connectivity index (χ0) is 17.8. The number of amides is 1. The molecule has 3 aromatic rings. The molecule has 1 N–H and O–H groups in total. The van der Waals surface area contributed by atoms with Crippen molar-refractivity contribution in [2.45, 2.75) is 25.8 Å². The number of carbonyl (C=O) groups is 1. The molecule has 26 heavy (non-hydrogen) atoms. The van der Waals surface area contributed by atoms with Gasteiger partial charge in [-0.3, -0.25) is 4.79 Å². The number of nitrogens with zero attached hydrogens (tertiary/aromatic N) is 2. The largest absolute Gasteiger partial charge is 0.462 e. The van der Waals surface area contributed by atoms with Crippen LogP contribution in [0.2, 0.25) is 0 Å². The molecule has 2 aromatic heterocycles. The van der Waals surface area contributed by atoms with E-state index in [1.165, 1.54) is 29.9 Å². The van der Waals surface area contributed by atoms with Gasteiger partial charge in [0.25, 0.3) is 0 Å². The van der Waals surface area contributed by atoms with Gasteiger partial charge in [0.2, 0.25) is 5.91 Å². The third-order valence-electron chi connectivity index (χ3n) is 4.52. The van der Waals surface area contributed by atoms with Crippen molar-refractivity contribution in [1.29, 1.82) is 0 Å². The van der Waals surface area contributed by atoms with Gasteiger partial charge in [-0.15, -0.1) is 11.3 Å². The standard InChI is InChI=1S/C20H21N3O2S/c24-19(12-16-14-26-20(22-16)18-4-3-11-25-18)21-13-15-5-7-17(8-6-15)23-9-1-2-10-23/h3-8,11,14H,1-2,9-10,12-13H2,(H,21,24). The van der Waals surface area contributed by atoms with Gasteiger partial charge in [0, 0.05) is 30.7 Å². The molecule has 1 aromatic carbocycles. The van der Waals surface area contributed by atoms with Crippen LogP contribution in [0.25, 0.3) is 10.8 Å². The Balaban J connectivity index is 1.28. The van der Waals surface area contributed by atoms with Crippen LogP contribution in [0, 0.1) is 0 Å². The van der Waals surface area contributed by atoms with Crippen LogP contribution in [0.15, 0.2) is 52.5 Å². The Morgan fingerprint density at radius 2 is 2.00 bits per heavy atom. The number of anilines is 1. The van der Waals surface area contributed by atoms with Crippen molar-refractivity contribution in [3.8, 4) is 10.8 Å². The summed E-state index contributed by atoms with van der Waals surface area (Å²) in [6.07, 6.45) is 4.45. The van der Waals surface area contributed by atoms with Crippen LogP contribution in [-0.2, 0) is 17.8 Å². The summed E-state index contributed by atoms with van der Waals surface area (Å²) in [5, 5.41) is 5.68. The van der Waals surface area contributed by atoms with E-state index in [1.807, 2.05) is 17.5 Å². The second kappa shape index (κ2) is 7.74. The van der Waals surface area contributed by atoms with E-state index in [0.29, 0.717) is 6.54 Å². The predicted octanol–water partition coefficient (Wildman–Crippen LogP) is 3.86. The summed E-state index contributed by atoms with van der Waals surface area (Å²) in [5.74, 6) is 0.713. The number of hydrogen-bond acceptors (Lipinski definition) is 5. The van der Waals surface area contributed by atoms with E-state index < -0.39 is 0 Å². The molecule has 0 aliphatic carbocycles. The molecule has 5 nitrogen and oxygen atoms in total. The summed E-state index contributed by atoms with van der Waals surface area (Å²) in [6.45, 7) is 2.82. The van der Waals surface area contributed by atoms with Crippen molar-refractivity contribution >= 4 is 22.9 Å². The first-order valence-corrected chi connectivity index (χ1v) is 9.75. The van der Waals surface area contributed by atoms with Crippen LogP contribution in [0.4, 0.5) is 5.69 Å². The van der Waals surface area contributed by atoms with Gasteiger partial charge < -0.3 is 14.6 Å². The molecule has 0 atom stereocenters. The molecule has 3 heterocycles. The van der Waals surface area contributed by atoms with E-state index >= 15 is 0 Å². The molecule has 4 rings (SSSR count). The Hall–Kier alpha value is -2.60. The molecule has 0 saturated carbocycles. The Labute approximate surface area is 156 Å². The first kappa shape index (κ1) is 16.8. The van der Waals surface area contributed by atoms with Gasteiger partial charge in [-0.05, 0) is 42.7 Å². The van der Waals surface area contributed by atoms with E-state index in [-0.39, 0.29) is 12.3 Å². The highest BCUT2D eigenvalue weighted by Crippen LogP contribution is 2.24. The number of hydrogen-bond donors (Lipinski definition) is 1. The molecule has 0 spiro atoms. The monoisotopic (exact) mass is 367 g/mol. The Morgan fingerprint density at radius 3 is 2.73 bits per heavy atom. The first-order chi connectivity index (χ1) is 12.8. The SMILES string of the molecule is O=C(Cc1csc(-c2ccco2)n1)NCc1ccc(N2CCCC2)cc1. The molecular formula is C20H21N3O2S. The fourth-order valence-corrected chi connectivity index (χ4v) is 3.92.